The normalized spacial score (nSPS) is 11.0. The predicted molar refractivity (Wildman–Crippen MR) is 84.1 cm³/mol. The van der Waals surface area contributed by atoms with Gasteiger partial charge >= 0.3 is 5.97 Å². The molecule has 3 rings (SSSR count). The zero-order valence-electron chi connectivity index (χ0n) is 11.3. The molecule has 23 heavy (non-hydrogen) atoms. The minimum Gasteiger partial charge on any atom is -0.478 e. The van der Waals surface area contributed by atoms with Crippen molar-refractivity contribution >= 4 is 40.1 Å². The average Bonchev–Trinajstić information content (AvgIpc) is 2.48. The van der Waals surface area contributed by atoms with Gasteiger partial charge in [0.1, 0.15) is 11.3 Å². The van der Waals surface area contributed by atoms with E-state index in [1.807, 2.05) is 0 Å². The molecule has 1 heterocycles. The quantitative estimate of drug-likeness (QED) is 0.690. The maximum Gasteiger partial charge on any atom is 0.336 e. The maximum absolute atomic E-state index is 14.0. The van der Waals surface area contributed by atoms with Crippen LogP contribution in [0.25, 0.3) is 22.2 Å². The van der Waals surface area contributed by atoms with Crippen molar-refractivity contribution in [2.24, 2.45) is 0 Å². The third kappa shape index (κ3) is 2.85. The fourth-order valence-corrected chi connectivity index (χ4v) is 2.65. The summed E-state index contributed by atoms with van der Waals surface area (Å²) < 4.78 is 27.4. The third-order valence-electron chi connectivity index (χ3n) is 3.27. The van der Waals surface area contributed by atoms with E-state index in [0.717, 1.165) is 6.07 Å². The fourth-order valence-electron chi connectivity index (χ4n) is 2.26. The minimum absolute atomic E-state index is 0.128. The molecule has 3 aromatic rings. The van der Waals surface area contributed by atoms with Crippen LogP contribution < -0.4 is 0 Å². The Morgan fingerprint density at radius 2 is 1.83 bits per heavy atom. The summed E-state index contributed by atoms with van der Waals surface area (Å²) in [6.45, 7) is 0. The summed E-state index contributed by atoms with van der Waals surface area (Å²) in [6.07, 6.45) is 0. The van der Waals surface area contributed by atoms with Crippen LogP contribution in [0.1, 0.15) is 10.4 Å². The Bertz CT molecular complexity index is 960. The van der Waals surface area contributed by atoms with Crippen molar-refractivity contribution in [1.82, 2.24) is 4.98 Å². The van der Waals surface area contributed by atoms with E-state index < -0.39 is 17.6 Å². The summed E-state index contributed by atoms with van der Waals surface area (Å²) in [7, 11) is 0. The van der Waals surface area contributed by atoms with Crippen molar-refractivity contribution in [2.75, 3.05) is 0 Å². The Hall–Kier alpha value is -2.24. The number of rotatable bonds is 2. The van der Waals surface area contributed by atoms with Crippen LogP contribution in [0.5, 0.6) is 0 Å². The second-order valence-electron chi connectivity index (χ2n) is 4.77. The van der Waals surface area contributed by atoms with Gasteiger partial charge in [-0.3, -0.25) is 0 Å². The lowest BCUT2D eigenvalue weighted by Gasteiger charge is -2.09. The molecule has 0 saturated carbocycles. The van der Waals surface area contributed by atoms with Crippen molar-refractivity contribution in [3.63, 3.8) is 0 Å². The molecular weight excluding hydrogens is 347 g/mol. The van der Waals surface area contributed by atoms with Crippen LogP contribution in [0, 0.1) is 11.6 Å². The average molecular weight is 354 g/mol. The molecule has 0 radical (unpaired) electrons. The Morgan fingerprint density at radius 3 is 2.52 bits per heavy atom. The van der Waals surface area contributed by atoms with Gasteiger partial charge in [0.2, 0.25) is 0 Å². The number of hydrogen-bond acceptors (Lipinski definition) is 2. The molecule has 0 amide bonds. The minimum atomic E-state index is -1.33. The van der Waals surface area contributed by atoms with Crippen LogP contribution in [0.3, 0.4) is 0 Å². The van der Waals surface area contributed by atoms with Gasteiger partial charge in [-0.05, 0) is 30.3 Å². The first kappa shape index (κ1) is 15.6. The van der Waals surface area contributed by atoms with E-state index in [4.69, 9.17) is 23.2 Å². The van der Waals surface area contributed by atoms with Crippen molar-refractivity contribution in [2.45, 2.75) is 0 Å². The van der Waals surface area contributed by atoms with Gasteiger partial charge in [0, 0.05) is 22.0 Å². The van der Waals surface area contributed by atoms with Crippen LogP contribution >= 0.6 is 23.2 Å². The van der Waals surface area contributed by atoms with E-state index in [1.54, 1.807) is 6.07 Å². The standard InChI is InChI=1S/C16H7Cl2F2NO2/c17-7-1-2-12(18)11(3-7)14-6-10(16(22)23)9-4-8(19)5-13(20)15(9)21-14/h1-6H,(H,22,23). The fraction of sp³-hybridized carbons (Fsp3) is 0. The van der Waals surface area contributed by atoms with E-state index in [9.17, 15) is 18.7 Å². The molecule has 0 aliphatic heterocycles. The van der Waals surface area contributed by atoms with E-state index >= 15 is 0 Å². The van der Waals surface area contributed by atoms with Gasteiger partial charge in [-0.1, -0.05) is 23.2 Å². The molecule has 1 N–H and O–H groups in total. The molecule has 0 aliphatic carbocycles. The lowest BCUT2D eigenvalue weighted by Crippen LogP contribution is -2.02. The highest BCUT2D eigenvalue weighted by Crippen LogP contribution is 2.33. The first-order chi connectivity index (χ1) is 10.9. The van der Waals surface area contributed by atoms with Gasteiger partial charge in [-0.15, -0.1) is 0 Å². The summed E-state index contributed by atoms with van der Waals surface area (Å²) >= 11 is 12.0. The molecule has 0 unspecified atom stereocenters. The number of carbonyl (C=O) groups is 1. The number of fused-ring (bicyclic) bond motifs is 1. The summed E-state index contributed by atoms with van der Waals surface area (Å²) in [4.78, 5) is 15.5. The van der Waals surface area contributed by atoms with E-state index in [0.29, 0.717) is 16.7 Å². The molecule has 7 heteroatoms. The highest BCUT2D eigenvalue weighted by molar-refractivity contribution is 6.35. The molecule has 0 bridgehead atoms. The number of aromatic carboxylic acids is 1. The van der Waals surface area contributed by atoms with Crippen molar-refractivity contribution < 1.29 is 18.7 Å². The van der Waals surface area contributed by atoms with E-state index in [-0.39, 0.29) is 27.2 Å². The lowest BCUT2D eigenvalue weighted by molar-refractivity contribution is 0.0699. The largest absolute Gasteiger partial charge is 0.478 e. The molecule has 2 aromatic carbocycles. The van der Waals surface area contributed by atoms with Crippen LogP contribution in [0.2, 0.25) is 10.0 Å². The molecular formula is C16H7Cl2F2NO2. The van der Waals surface area contributed by atoms with E-state index in [1.165, 1.54) is 18.2 Å². The second-order valence-corrected chi connectivity index (χ2v) is 5.61. The van der Waals surface area contributed by atoms with E-state index in [2.05, 4.69) is 4.98 Å². The van der Waals surface area contributed by atoms with Gasteiger partial charge in [-0.25, -0.2) is 18.6 Å². The summed E-state index contributed by atoms with van der Waals surface area (Å²) in [6, 6.07) is 7.35. The number of hydrogen-bond donors (Lipinski definition) is 1. The highest BCUT2D eigenvalue weighted by Gasteiger charge is 2.18. The Morgan fingerprint density at radius 1 is 1.09 bits per heavy atom. The first-order valence-electron chi connectivity index (χ1n) is 6.35. The summed E-state index contributed by atoms with van der Waals surface area (Å²) in [5, 5.41) is 9.84. The number of carboxylic acid groups (broad SMARTS) is 1. The number of nitrogens with zero attached hydrogens (tertiary/aromatic N) is 1. The number of pyridine rings is 1. The summed E-state index contributed by atoms with van der Waals surface area (Å²) in [5.74, 6) is -3.17. The van der Waals surface area contributed by atoms with Crippen LogP contribution in [0.15, 0.2) is 36.4 Å². The van der Waals surface area contributed by atoms with Gasteiger partial charge in [0.15, 0.2) is 5.82 Å². The third-order valence-corrected chi connectivity index (χ3v) is 3.83. The maximum atomic E-state index is 14.0. The zero-order valence-corrected chi connectivity index (χ0v) is 12.8. The molecule has 116 valence electrons. The Kier molecular flexibility index (Phi) is 3.92. The number of benzene rings is 2. The molecule has 0 aliphatic rings. The predicted octanol–water partition coefficient (Wildman–Crippen LogP) is 5.19. The number of halogens is 4. The summed E-state index contributed by atoms with van der Waals surface area (Å²) in [5.41, 5.74) is -0.0445. The first-order valence-corrected chi connectivity index (χ1v) is 7.11. The molecule has 1 aromatic heterocycles. The zero-order chi connectivity index (χ0) is 16.7. The van der Waals surface area contributed by atoms with Crippen molar-refractivity contribution in [3.8, 4) is 11.3 Å². The molecule has 0 saturated heterocycles. The molecule has 0 spiro atoms. The van der Waals surface area contributed by atoms with Gasteiger partial charge in [-0.2, -0.15) is 0 Å². The van der Waals surface area contributed by atoms with Crippen LogP contribution in [0.4, 0.5) is 8.78 Å². The van der Waals surface area contributed by atoms with Crippen molar-refractivity contribution in [1.29, 1.82) is 0 Å². The lowest BCUT2D eigenvalue weighted by atomic mass is 10.0. The second kappa shape index (κ2) is 5.76. The smallest absolute Gasteiger partial charge is 0.336 e. The molecule has 0 atom stereocenters. The SMILES string of the molecule is O=C(O)c1cc(-c2cc(Cl)ccc2Cl)nc2c(F)cc(F)cc12. The molecule has 3 nitrogen and oxygen atoms in total. The Balaban J connectivity index is 2.40. The van der Waals surface area contributed by atoms with Gasteiger partial charge in [0.05, 0.1) is 16.3 Å². The number of carboxylic acids is 1. The highest BCUT2D eigenvalue weighted by atomic mass is 35.5. The topological polar surface area (TPSA) is 50.2 Å². The van der Waals surface area contributed by atoms with Crippen LogP contribution in [-0.2, 0) is 0 Å². The van der Waals surface area contributed by atoms with Gasteiger partial charge in [0.25, 0.3) is 0 Å². The van der Waals surface area contributed by atoms with Crippen LogP contribution in [-0.4, -0.2) is 16.1 Å². The Labute approximate surface area is 139 Å². The van der Waals surface area contributed by atoms with Gasteiger partial charge < -0.3 is 5.11 Å². The van der Waals surface area contributed by atoms with Crippen molar-refractivity contribution in [3.05, 3.63) is 63.6 Å². The molecule has 0 fully saturated rings. The monoisotopic (exact) mass is 353 g/mol. The number of aromatic nitrogens is 1.